The van der Waals surface area contributed by atoms with E-state index in [9.17, 15) is 8.42 Å². The molecule has 0 aliphatic carbocycles. The Morgan fingerprint density at radius 3 is 2.41 bits per heavy atom. The zero-order valence-corrected chi connectivity index (χ0v) is 10.9. The Morgan fingerprint density at radius 2 is 1.88 bits per heavy atom. The first-order valence-electron chi connectivity index (χ1n) is 5.87. The Labute approximate surface area is 103 Å². The van der Waals surface area contributed by atoms with Crippen LogP contribution in [-0.4, -0.2) is 38.5 Å². The summed E-state index contributed by atoms with van der Waals surface area (Å²) in [5.74, 6) is 0.653. The van der Waals surface area contributed by atoms with Crippen molar-refractivity contribution in [2.45, 2.75) is 12.8 Å². The highest BCUT2D eigenvalue weighted by molar-refractivity contribution is 7.90. The summed E-state index contributed by atoms with van der Waals surface area (Å²) in [5.41, 5.74) is 1.18. The van der Waals surface area contributed by atoms with Gasteiger partial charge in [0, 0.05) is 37.4 Å². The molecule has 2 rings (SSSR count). The summed E-state index contributed by atoms with van der Waals surface area (Å²) in [4.78, 5) is 6.29. The highest BCUT2D eigenvalue weighted by Crippen LogP contribution is 2.23. The Hall–Kier alpha value is -1.10. The highest BCUT2D eigenvalue weighted by Gasteiger charge is 2.22. The fraction of sp³-hybridized carbons (Fsp3) is 0.583. The summed E-state index contributed by atoms with van der Waals surface area (Å²) < 4.78 is 22.5. The van der Waals surface area contributed by atoms with Crippen molar-refractivity contribution >= 4 is 15.5 Å². The molecule has 0 atom stereocenters. The van der Waals surface area contributed by atoms with Crippen LogP contribution < -0.4 is 4.90 Å². The molecule has 5 heteroatoms. The van der Waals surface area contributed by atoms with Gasteiger partial charge in [-0.2, -0.15) is 0 Å². The van der Waals surface area contributed by atoms with E-state index in [1.165, 1.54) is 11.9 Å². The van der Waals surface area contributed by atoms with E-state index in [4.69, 9.17) is 0 Å². The Bertz CT molecular complexity index is 451. The van der Waals surface area contributed by atoms with Gasteiger partial charge in [-0.1, -0.05) is 0 Å². The van der Waals surface area contributed by atoms with Crippen molar-refractivity contribution in [1.29, 1.82) is 0 Å². The van der Waals surface area contributed by atoms with E-state index in [-0.39, 0.29) is 0 Å². The van der Waals surface area contributed by atoms with Crippen molar-refractivity contribution in [2.75, 3.05) is 30.0 Å². The van der Waals surface area contributed by atoms with Crippen molar-refractivity contribution in [3.8, 4) is 0 Å². The van der Waals surface area contributed by atoms with Crippen LogP contribution in [0.3, 0.4) is 0 Å². The molecule has 1 fully saturated rings. The molecular weight excluding hydrogens is 236 g/mol. The molecular formula is C12H18N2O2S. The van der Waals surface area contributed by atoms with E-state index in [1.807, 2.05) is 12.1 Å². The Kier molecular flexibility index (Phi) is 3.66. The third-order valence-electron chi connectivity index (χ3n) is 3.18. The number of pyridine rings is 1. The number of hydrogen-bond donors (Lipinski definition) is 0. The molecule has 17 heavy (non-hydrogen) atoms. The minimum atomic E-state index is -2.83. The second-order valence-electron chi connectivity index (χ2n) is 4.73. The maximum absolute atomic E-state index is 11.2. The van der Waals surface area contributed by atoms with Crippen LogP contribution in [0.2, 0.25) is 0 Å². The van der Waals surface area contributed by atoms with Crippen LogP contribution in [0.1, 0.15) is 12.8 Å². The second-order valence-corrected chi connectivity index (χ2v) is 6.91. The summed E-state index contributed by atoms with van der Waals surface area (Å²) in [6.45, 7) is 1.87. The number of aromatic nitrogens is 1. The van der Waals surface area contributed by atoms with Crippen LogP contribution >= 0.6 is 0 Å². The van der Waals surface area contributed by atoms with Gasteiger partial charge < -0.3 is 4.90 Å². The van der Waals surface area contributed by atoms with Gasteiger partial charge in [0.25, 0.3) is 0 Å². The lowest BCUT2D eigenvalue weighted by Crippen LogP contribution is -2.35. The van der Waals surface area contributed by atoms with Gasteiger partial charge in [0.2, 0.25) is 0 Å². The second kappa shape index (κ2) is 5.04. The fourth-order valence-corrected chi connectivity index (χ4v) is 3.53. The van der Waals surface area contributed by atoms with Crippen LogP contribution in [0, 0.1) is 5.92 Å². The maximum atomic E-state index is 11.2. The molecule has 0 aromatic carbocycles. The van der Waals surface area contributed by atoms with E-state index in [1.54, 1.807) is 12.4 Å². The predicted molar refractivity (Wildman–Crippen MR) is 68.9 cm³/mol. The Balaban J connectivity index is 1.91. The van der Waals surface area contributed by atoms with E-state index in [0.717, 1.165) is 25.9 Å². The van der Waals surface area contributed by atoms with Crippen molar-refractivity contribution < 1.29 is 8.42 Å². The maximum Gasteiger partial charge on any atom is 0.147 e. The molecule has 0 spiro atoms. The first kappa shape index (κ1) is 12.4. The molecule has 1 aliphatic rings. The number of nitrogens with zero attached hydrogens (tertiary/aromatic N) is 2. The van der Waals surface area contributed by atoms with Crippen LogP contribution in [-0.2, 0) is 9.84 Å². The van der Waals surface area contributed by atoms with E-state index in [0.29, 0.717) is 11.7 Å². The lowest BCUT2D eigenvalue weighted by molar-refractivity contribution is 0.436. The standard InChI is InChI=1S/C12H18N2O2S/c1-17(15,16)10-11-4-8-14(9-5-11)12-2-6-13-7-3-12/h2-3,6-7,11H,4-5,8-10H2,1H3. The summed E-state index contributed by atoms with van der Waals surface area (Å²) >= 11 is 0. The van der Waals surface area contributed by atoms with Crippen LogP contribution in [0.15, 0.2) is 24.5 Å². The average molecular weight is 254 g/mol. The number of rotatable bonds is 3. The van der Waals surface area contributed by atoms with Crippen LogP contribution in [0.4, 0.5) is 5.69 Å². The van der Waals surface area contributed by atoms with Gasteiger partial charge in [-0.3, -0.25) is 4.98 Å². The topological polar surface area (TPSA) is 50.3 Å². The van der Waals surface area contributed by atoms with Crippen molar-refractivity contribution in [3.05, 3.63) is 24.5 Å². The van der Waals surface area contributed by atoms with Gasteiger partial charge in [-0.25, -0.2) is 8.42 Å². The molecule has 1 aliphatic heterocycles. The molecule has 0 unspecified atom stereocenters. The average Bonchev–Trinajstić information content (AvgIpc) is 2.29. The highest BCUT2D eigenvalue weighted by atomic mass is 32.2. The number of sulfone groups is 1. The summed E-state index contributed by atoms with van der Waals surface area (Å²) in [6.07, 6.45) is 6.81. The molecule has 0 N–H and O–H groups in total. The largest absolute Gasteiger partial charge is 0.371 e. The van der Waals surface area contributed by atoms with Gasteiger partial charge >= 0.3 is 0 Å². The Morgan fingerprint density at radius 1 is 1.29 bits per heavy atom. The molecule has 1 aromatic rings. The predicted octanol–water partition coefficient (Wildman–Crippen LogP) is 1.34. The first-order chi connectivity index (χ1) is 8.04. The van der Waals surface area contributed by atoms with Gasteiger partial charge in [0.15, 0.2) is 0 Å². The number of hydrogen-bond acceptors (Lipinski definition) is 4. The number of anilines is 1. The van der Waals surface area contributed by atoms with Gasteiger partial charge in [0.05, 0.1) is 5.75 Å². The van der Waals surface area contributed by atoms with Gasteiger partial charge in [-0.05, 0) is 30.9 Å². The minimum absolute atomic E-state index is 0.322. The molecule has 1 saturated heterocycles. The SMILES string of the molecule is CS(=O)(=O)CC1CCN(c2ccncc2)CC1. The van der Waals surface area contributed by atoms with Gasteiger partial charge in [0.1, 0.15) is 9.84 Å². The molecule has 0 bridgehead atoms. The van der Waals surface area contributed by atoms with E-state index in [2.05, 4.69) is 9.88 Å². The minimum Gasteiger partial charge on any atom is -0.371 e. The third kappa shape index (κ3) is 3.70. The van der Waals surface area contributed by atoms with Crippen molar-refractivity contribution in [3.63, 3.8) is 0 Å². The molecule has 0 amide bonds. The third-order valence-corrected chi connectivity index (χ3v) is 4.26. The fourth-order valence-electron chi connectivity index (χ4n) is 2.34. The number of piperidine rings is 1. The normalized spacial score (nSPS) is 18.3. The molecule has 94 valence electrons. The van der Waals surface area contributed by atoms with Crippen molar-refractivity contribution in [2.24, 2.45) is 5.92 Å². The summed E-state index contributed by atoms with van der Waals surface area (Å²) in [6, 6.07) is 3.99. The lowest BCUT2D eigenvalue weighted by Gasteiger charge is -2.33. The van der Waals surface area contributed by atoms with Gasteiger partial charge in [-0.15, -0.1) is 0 Å². The molecule has 2 heterocycles. The summed E-state index contributed by atoms with van der Waals surface area (Å²) in [5, 5.41) is 0. The smallest absolute Gasteiger partial charge is 0.147 e. The zero-order chi connectivity index (χ0) is 12.3. The molecule has 0 radical (unpaired) electrons. The van der Waals surface area contributed by atoms with Crippen LogP contribution in [0.25, 0.3) is 0 Å². The monoisotopic (exact) mass is 254 g/mol. The zero-order valence-electron chi connectivity index (χ0n) is 10.0. The van der Waals surface area contributed by atoms with Crippen LogP contribution in [0.5, 0.6) is 0 Å². The van der Waals surface area contributed by atoms with E-state index >= 15 is 0 Å². The lowest BCUT2D eigenvalue weighted by atomic mass is 9.98. The van der Waals surface area contributed by atoms with Crippen molar-refractivity contribution in [1.82, 2.24) is 4.98 Å². The molecule has 4 nitrogen and oxygen atoms in total. The molecule has 0 saturated carbocycles. The van der Waals surface area contributed by atoms with E-state index < -0.39 is 9.84 Å². The summed E-state index contributed by atoms with van der Waals surface area (Å²) in [7, 11) is -2.83. The first-order valence-corrected chi connectivity index (χ1v) is 7.93. The quantitative estimate of drug-likeness (QED) is 0.817. The molecule has 1 aromatic heterocycles.